The van der Waals surface area contributed by atoms with E-state index in [0.717, 1.165) is 34.3 Å². The second-order valence-electron chi connectivity index (χ2n) is 11.7. The van der Waals surface area contributed by atoms with Gasteiger partial charge in [0.1, 0.15) is 24.3 Å². The van der Waals surface area contributed by atoms with Crippen molar-refractivity contribution >= 4 is 34.2 Å². The summed E-state index contributed by atoms with van der Waals surface area (Å²) in [5, 5.41) is 14.9. The number of hydrogen-bond donors (Lipinski definition) is 3. The Morgan fingerprint density at radius 2 is 1.84 bits per heavy atom. The van der Waals surface area contributed by atoms with Gasteiger partial charge in [0.15, 0.2) is 0 Å². The molecular formula is C33H40N6O4. The molecule has 10 nitrogen and oxygen atoms in total. The van der Waals surface area contributed by atoms with Crippen LogP contribution in [0.25, 0.3) is 16.5 Å². The lowest BCUT2D eigenvalue weighted by atomic mass is 9.86. The Balaban J connectivity index is 1.26. The van der Waals surface area contributed by atoms with Gasteiger partial charge in [0.25, 0.3) is 0 Å². The van der Waals surface area contributed by atoms with E-state index in [1.54, 1.807) is 24.0 Å². The van der Waals surface area contributed by atoms with E-state index in [2.05, 4.69) is 64.9 Å². The summed E-state index contributed by atoms with van der Waals surface area (Å²) < 4.78 is 13.5. The van der Waals surface area contributed by atoms with Gasteiger partial charge >= 0.3 is 6.03 Å². The number of urea groups is 1. The molecule has 0 bridgehead atoms. The number of morpholine rings is 1. The summed E-state index contributed by atoms with van der Waals surface area (Å²) in [6.07, 6.45) is 1.21. The second-order valence-corrected chi connectivity index (χ2v) is 11.7. The summed E-state index contributed by atoms with van der Waals surface area (Å²) in [4.78, 5) is 27.3. The number of carbonyl (C=O) groups excluding carboxylic acids is 2. The van der Waals surface area contributed by atoms with E-state index < -0.39 is 6.10 Å². The number of nitrogens with zero attached hydrogens (tertiary/aromatic N) is 3. The minimum absolute atomic E-state index is 0.0180. The summed E-state index contributed by atoms with van der Waals surface area (Å²) in [6, 6.07) is 19.3. The standard InChI is InChI=1S/C33H40N6O4/c1-22-10-11-23(33(2,3)4)20-27(22)39-30(14-15-35-39)37-32(41)36-26-12-13-28(25-9-7-6-8-24(25)26)42-18-16-38-17-19-43-29(21-38)31(40)34-5/h6-15,20,29H,16-19,21H2,1-5H3,(H,34,40)(H2,36,37,41). The van der Waals surface area contributed by atoms with E-state index in [-0.39, 0.29) is 17.4 Å². The van der Waals surface area contributed by atoms with Gasteiger partial charge in [-0.2, -0.15) is 5.10 Å². The predicted molar refractivity (Wildman–Crippen MR) is 169 cm³/mol. The Bertz CT molecular complexity index is 1610. The number of aromatic nitrogens is 2. The quantitative estimate of drug-likeness (QED) is 0.266. The van der Waals surface area contributed by atoms with Crippen LogP contribution in [0.2, 0.25) is 0 Å². The Morgan fingerprint density at radius 1 is 1.05 bits per heavy atom. The molecule has 0 spiro atoms. The van der Waals surface area contributed by atoms with E-state index in [0.29, 0.717) is 37.8 Å². The van der Waals surface area contributed by atoms with Crippen LogP contribution in [0.15, 0.2) is 66.9 Å². The summed E-state index contributed by atoms with van der Waals surface area (Å²) in [6.45, 7) is 11.5. The second kappa shape index (κ2) is 12.8. The van der Waals surface area contributed by atoms with E-state index in [4.69, 9.17) is 9.47 Å². The molecule has 10 heteroatoms. The molecule has 1 aliphatic rings. The Labute approximate surface area is 252 Å². The molecular weight excluding hydrogens is 544 g/mol. The van der Waals surface area contributed by atoms with Crippen molar-refractivity contribution in [3.8, 4) is 11.4 Å². The fourth-order valence-electron chi connectivity index (χ4n) is 5.18. The first-order chi connectivity index (χ1) is 20.6. The normalized spacial score (nSPS) is 15.7. The van der Waals surface area contributed by atoms with Crippen molar-refractivity contribution in [2.45, 2.75) is 39.2 Å². The Kier molecular flexibility index (Phi) is 8.98. The van der Waals surface area contributed by atoms with Crippen LogP contribution >= 0.6 is 0 Å². The lowest BCUT2D eigenvalue weighted by molar-refractivity contribution is -0.138. The highest BCUT2D eigenvalue weighted by Gasteiger charge is 2.25. The molecule has 1 unspecified atom stereocenters. The zero-order valence-electron chi connectivity index (χ0n) is 25.4. The minimum Gasteiger partial charge on any atom is -0.492 e. The van der Waals surface area contributed by atoms with Crippen molar-refractivity contribution in [2.24, 2.45) is 0 Å². The number of hydrogen-bond acceptors (Lipinski definition) is 6. The molecule has 3 amide bonds. The largest absolute Gasteiger partial charge is 0.492 e. The number of ether oxygens (including phenoxy) is 2. The molecule has 1 fully saturated rings. The first-order valence-electron chi connectivity index (χ1n) is 14.6. The number of carbonyl (C=O) groups is 2. The molecule has 1 aliphatic heterocycles. The summed E-state index contributed by atoms with van der Waals surface area (Å²) in [5.41, 5.74) is 3.81. The topological polar surface area (TPSA) is 110 Å². The van der Waals surface area contributed by atoms with E-state index >= 15 is 0 Å². The molecule has 2 heterocycles. The van der Waals surface area contributed by atoms with Crippen LogP contribution < -0.4 is 20.7 Å². The number of likely N-dealkylation sites (N-methyl/N-ethyl adjacent to an activating group) is 1. The Morgan fingerprint density at radius 3 is 2.60 bits per heavy atom. The molecule has 4 aromatic rings. The third-order valence-corrected chi connectivity index (χ3v) is 7.67. The third kappa shape index (κ3) is 6.98. The minimum atomic E-state index is -0.465. The first kappa shape index (κ1) is 30.1. The van der Waals surface area contributed by atoms with E-state index in [1.165, 1.54) is 5.56 Å². The molecule has 5 rings (SSSR count). The summed E-state index contributed by atoms with van der Waals surface area (Å²) in [7, 11) is 1.62. The monoisotopic (exact) mass is 584 g/mol. The molecule has 1 saturated heterocycles. The van der Waals surface area contributed by atoms with Crippen LogP contribution in [0.5, 0.6) is 5.75 Å². The Hall–Kier alpha value is -4.41. The van der Waals surface area contributed by atoms with Crippen molar-refractivity contribution in [3.63, 3.8) is 0 Å². The van der Waals surface area contributed by atoms with Gasteiger partial charge in [0.05, 0.1) is 24.2 Å². The van der Waals surface area contributed by atoms with Gasteiger partial charge in [-0.1, -0.05) is 57.2 Å². The SMILES string of the molecule is CNC(=O)C1CN(CCOc2ccc(NC(=O)Nc3ccnn3-c3cc(C(C)(C)C)ccc3C)c3ccccc23)CCO1. The van der Waals surface area contributed by atoms with Gasteiger partial charge in [-0.05, 0) is 41.7 Å². The first-order valence-corrected chi connectivity index (χ1v) is 14.6. The highest BCUT2D eigenvalue weighted by Crippen LogP contribution is 2.32. The number of aryl methyl sites for hydroxylation is 1. The summed E-state index contributed by atoms with van der Waals surface area (Å²) in [5.74, 6) is 1.18. The van der Waals surface area contributed by atoms with Gasteiger partial charge in [0.2, 0.25) is 5.91 Å². The lowest BCUT2D eigenvalue weighted by Crippen LogP contribution is -2.50. The number of fused-ring (bicyclic) bond motifs is 1. The summed E-state index contributed by atoms with van der Waals surface area (Å²) >= 11 is 0. The van der Waals surface area contributed by atoms with E-state index in [9.17, 15) is 9.59 Å². The average Bonchev–Trinajstić information content (AvgIpc) is 3.45. The van der Waals surface area contributed by atoms with Crippen LogP contribution in [0.1, 0.15) is 31.9 Å². The molecule has 43 heavy (non-hydrogen) atoms. The fourth-order valence-corrected chi connectivity index (χ4v) is 5.18. The zero-order valence-corrected chi connectivity index (χ0v) is 25.4. The molecule has 0 radical (unpaired) electrons. The van der Waals surface area contributed by atoms with Crippen LogP contribution in [0.4, 0.5) is 16.3 Å². The molecule has 3 N–H and O–H groups in total. The van der Waals surface area contributed by atoms with Crippen LogP contribution in [0.3, 0.4) is 0 Å². The molecule has 0 aliphatic carbocycles. The van der Waals surface area contributed by atoms with Crippen molar-refractivity contribution in [1.82, 2.24) is 20.0 Å². The smallest absolute Gasteiger partial charge is 0.324 e. The van der Waals surface area contributed by atoms with Crippen molar-refractivity contribution in [3.05, 3.63) is 78.0 Å². The molecule has 1 aromatic heterocycles. The maximum Gasteiger partial charge on any atom is 0.324 e. The van der Waals surface area contributed by atoms with Crippen molar-refractivity contribution in [2.75, 3.05) is 50.5 Å². The number of rotatable bonds is 8. The number of amides is 3. The molecule has 1 atom stereocenters. The van der Waals surface area contributed by atoms with Gasteiger partial charge in [0, 0.05) is 43.5 Å². The highest BCUT2D eigenvalue weighted by molar-refractivity contribution is 6.07. The van der Waals surface area contributed by atoms with E-state index in [1.807, 2.05) is 43.3 Å². The number of nitrogens with one attached hydrogen (secondary N) is 3. The van der Waals surface area contributed by atoms with Gasteiger partial charge < -0.3 is 20.1 Å². The van der Waals surface area contributed by atoms with Crippen molar-refractivity contribution < 1.29 is 19.1 Å². The highest BCUT2D eigenvalue weighted by atomic mass is 16.5. The fraction of sp³-hybridized carbons (Fsp3) is 0.364. The maximum atomic E-state index is 13.2. The van der Waals surface area contributed by atoms with Crippen LogP contribution in [-0.2, 0) is 14.9 Å². The molecule has 0 saturated carbocycles. The number of benzene rings is 3. The average molecular weight is 585 g/mol. The predicted octanol–water partition coefficient (Wildman–Crippen LogP) is 5.10. The third-order valence-electron chi connectivity index (χ3n) is 7.67. The maximum absolute atomic E-state index is 13.2. The van der Waals surface area contributed by atoms with Gasteiger partial charge in [-0.15, -0.1) is 0 Å². The molecule has 226 valence electrons. The number of anilines is 2. The van der Waals surface area contributed by atoms with Crippen LogP contribution in [0, 0.1) is 6.92 Å². The molecule has 3 aromatic carbocycles. The van der Waals surface area contributed by atoms with Gasteiger partial charge in [-0.3, -0.25) is 15.0 Å². The van der Waals surface area contributed by atoms with Gasteiger partial charge in [-0.25, -0.2) is 9.48 Å². The van der Waals surface area contributed by atoms with Crippen molar-refractivity contribution in [1.29, 1.82) is 0 Å². The lowest BCUT2D eigenvalue weighted by Gasteiger charge is -2.31. The zero-order chi connectivity index (χ0) is 30.6. The van der Waals surface area contributed by atoms with Crippen LogP contribution in [-0.4, -0.2) is 72.6 Å².